The van der Waals surface area contributed by atoms with E-state index in [0.29, 0.717) is 34.4 Å². The summed E-state index contributed by atoms with van der Waals surface area (Å²) in [5.74, 6) is 0.313. The summed E-state index contributed by atoms with van der Waals surface area (Å²) in [5, 5.41) is 17.1. The Kier molecular flexibility index (Phi) is 6.00. The van der Waals surface area contributed by atoms with Crippen molar-refractivity contribution in [1.29, 1.82) is 0 Å². The first-order valence-electron chi connectivity index (χ1n) is 9.75. The van der Waals surface area contributed by atoms with Crippen molar-refractivity contribution in [2.24, 2.45) is 5.10 Å². The molecule has 0 bridgehead atoms. The van der Waals surface area contributed by atoms with Gasteiger partial charge < -0.3 is 4.74 Å². The van der Waals surface area contributed by atoms with E-state index in [2.05, 4.69) is 5.10 Å². The molecule has 0 saturated heterocycles. The van der Waals surface area contributed by atoms with E-state index in [1.54, 1.807) is 25.1 Å². The van der Waals surface area contributed by atoms with Crippen LogP contribution in [0.4, 0.5) is 11.4 Å². The fourth-order valence-corrected chi connectivity index (χ4v) is 3.33. The molecule has 0 spiro atoms. The molecular formula is C24H18ClN3O4. The van der Waals surface area contributed by atoms with E-state index >= 15 is 0 Å². The minimum Gasteiger partial charge on any atom is -0.488 e. The molecule has 0 atom stereocenters. The minimum absolute atomic E-state index is 0.0522. The van der Waals surface area contributed by atoms with Gasteiger partial charge in [-0.1, -0.05) is 41.9 Å². The second kappa shape index (κ2) is 9.03. The number of non-ortho nitro benzene ring substituents is 1. The Balaban J connectivity index is 1.56. The average molecular weight is 448 g/mol. The number of anilines is 1. The van der Waals surface area contributed by atoms with Crippen molar-refractivity contribution in [3.63, 3.8) is 0 Å². The maximum atomic E-state index is 13.0. The number of ether oxygens (including phenoxy) is 1. The number of nitro groups is 1. The van der Waals surface area contributed by atoms with Gasteiger partial charge >= 0.3 is 0 Å². The van der Waals surface area contributed by atoms with Gasteiger partial charge in [-0.2, -0.15) is 10.1 Å². The third-order valence-corrected chi connectivity index (χ3v) is 5.15. The van der Waals surface area contributed by atoms with Gasteiger partial charge in [0.1, 0.15) is 12.4 Å². The Morgan fingerprint density at radius 2 is 1.75 bits per heavy atom. The summed E-state index contributed by atoms with van der Waals surface area (Å²) in [6.07, 6.45) is 1.74. The average Bonchev–Trinajstić information content (AvgIpc) is 3.08. The third kappa shape index (κ3) is 4.53. The van der Waals surface area contributed by atoms with E-state index in [1.165, 1.54) is 29.3 Å². The Labute approximate surface area is 189 Å². The highest BCUT2D eigenvalue weighted by molar-refractivity contribution is 6.32. The van der Waals surface area contributed by atoms with Gasteiger partial charge in [0.2, 0.25) is 0 Å². The summed E-state index contributed by atoms with van der Waals surface area (Å²) >= 11 is 5.93. The predicted molar refractivity (Wildman–Crippen MR) is 124 cm³/mol. The summed E-state index contributed by atoms with van der Waals surface area (Å²) in [5.41, 5.74) is 3.08. The van der Waals surface area contributed by atoms with E-state index in [1.807, 2.05) is 36.4 Å². The molecule has 3 aromatic rings. The van der Waals surface area contributed by atoms with E-state index in [-0.39, 0.29) is 11.6 Å². The lowest BCUT2D eigenvalue weighted by molar-refractivity contribution is -0.384. The molecule has 0 unspecified atom stereocenters. The number of carbonyl (C=O) groups excluding carboxylic acids is 1. The van der Waals surface area contributed by atoms with Crippen molar-refractivity contribution in [1.82, 2.24) is 0 Å². The molecule has 0 fully saturated rings. The molecule has 0 saturated carbocycles. The van der Waals surface area contributed by atoms with Crippen molar-refractivity contribution in [3.8, 4) is 5.75 Å². The van der Waals surface area contributed by atoms with Gasteiger partial charge in [0.25, 0.3) is 11.6 Å². The van der Waals surface area contributed by atoms with E-state index in [0.717, 1.165) is 11.1 Å². The number of carbonyl (C=O) groups is 1. The first kappa shape index (κ1) is 21.3. The number of nitrogens with zero attached hydrogens (tertiary/aromatic N) is 3. The van der Waals surface area contributed by atoms with Gasteiger partial charge in [0, 0.05) is 22.7 Å². The molecule has 4 rings (SSSR count). The van der Waals surface area contributed by atoms with Crippen LogP contribution in [0.3, 0.4) is 0 Å². The number of nitro benzene ring substituents is 1. The molecule has 0 N–H and O–H groups in total. The fraction of sp³-hybridized carbons (Fsp3) is 0.0833. The highest BCUT2D eigenvalue weighted by atomic mass is 35.5. The molecule has 0 radical (unpaired) electrons. The minimum atomic E-state index is -0.490. The summed E-state index contributed by atoms with van der Waals surface area (Å²) in [6.45, 7) is 2.10. The topological polar surface area (TPSA) is 85.0 Å². The zero-order chi connectivity index (χ0) is 22.7. The van der Waals surface area contributed by atoms with Crippen molar-refractivity contribution < 1.29 is 14.5 Å². The summed E-state index contributed by atoms with van der Waals surface area (Å²) in [6, 6.07) is 20.5. The summed E-state index contributed by atoms with van der Waals surface area (Å²) in [7, 11) is 0. The predicted octanol–water partition coefficient (Wildman–Crippen LogP) is 5.63. The van der Waals surface area contributed by atoms with Crippen LogP contribution < -0.4 is 9.75 Å². The zero-order valence-electron chi connectivity index (χ0n) is 17.1. The number of para-hydroxylation sites is 1. The van der Waals surface area contributed by atoms with Crippen LogP contribution in [-0.4, -0.2) is 16.5 Å². The third-order valence-electron chi connectivity index (χ3n) is 4.89. The quantitative estimate of drug-likeness (QED) is 0.278. The van der Waals surface area contributed by atoms with Crippen LogP contribution in [0.5, 0.6) is 5.75 Å². The lowest BCUT2D eigenvalue weighted by Gasteiger charge is -2.12. The molecular weight excluding hydrogens is 430 g/mol. The molecule has 32 heavy (non-hydrogen) atoms. The van der Waals surface area contributed by atoms with Crippen LogP contribution in [-0.2, 0) is 11.4 Å². The van der Waals surface area contributed by atoms with Gasteiger partial charge in [-0.25, -0.2) is 0 Å². The van der Waals surface area contributed by atoms with Gasteiger partial charge in [0.15, 0.2) is 0 Å². The highest BCUT2D eigenvalue weighted by Gasteiger charge is 2.29. The van der Waals surface area contributed by atoms with Gasteiger partial charge in [-0.15, -0.1) is 0 Å². The molecule has 1 amide bonds. The second-order valence-corrected chi connectivity index (χ2v) is 7.52. The number of benzene rings is 3. The number of hydrogen-bond acceptors (Lipinski definition) is 5. The maximum Gasteiger partial charge on any atom is 0.280 e. The summed E-state index contributed by atoms with van der Waals surface area (Å²) in [4.78, 5) is 23.4. The SMILES string of the molecule is CC1=NN(c2ccc([N+](=O)[O-])cc2)C(=O)/C1=C\c1ccccc1OCc1ccc(Cl)cc1. The van der Waals surface area contributed by atoms with Crippen molar-refractivity contribution in [2.75, 3.05) is 5.01 Å². The standard InChI is InChI=1S/C24H18ClN3O4/c1-16-22(24(29)27(26-16)20-10-12-21(13-11-20)28(30)31)14-18-4-2-3-5-23(18)32-15-17-6-8-19(25)9-7-17/h2-14H,15H2,1H3/b22-14-. The van der Waals surface area contributed by atoms with Crippen LogP contribution >= 0.6 is 11.6 Å². The Morgan fingerprint density at radius 1 is 1.06 bits per heavy atom. The van der Waals surface area contributed by atoms with Crippen LogP contribution in [0.15, 0.2) is 83.5 Å². The number of rotatable bonds is 6. The van der Waals surface area contributed by atoms with Crippen LogP contribution in [0.25, 0.3) is 6.08 Å². The van der Waals surface area contributed by atoms with Gasteiger partial charge in [0.05, 0.1) is 21.9 Å². The fourth-order valence-electron chi connectivity index (χ4n) is 3.20. The first-order valence-corrected chi connectivity index (χ1v) is 10.1. The highest BCUT2D eigenvalue weighted by Crippen LogP contribution is 2.29. The van der Waals surface area contributed by atoms with Crippen LogP contribution in [0.2, 0.25) is 5.02 Å². The smallest absolute Gasteiger partial charge is 0.280 e. The molecule has 0 aromatic heterocycles. The van der Waals surface area contributed by atoms with E-state index in [4.69, 9.17) is 16.3 Å². The number of amides is 1. The van der Waals surface area contributed by atoms with Gasteiger partial charge in [-0.05, 0) is 48.9 Å². The largest absolute Gasteiger partial charge is 0.488 e. The molecule has 1 heterocycles. The monoisotopic (exact) mass is 447 g/mol. The molecule has 0 aliphatic carbocycles. The molecule has 1 aliphatic heterocycles. The van der Waals surface area contributed by atoms with E-state index in [9.17, 15) is 14.9 Å². The van der Waals surface area contributed by atoms with Crippen molar-refractivity contribution >= 4 is 40.7 Å². The number of hydrazone groups is 1. The molecule has 160 valence electrons. The van der Waals surface area contributed by atoms with Crippen molar-refractivity contribution in [3.05, 3.63) is 105 Å². The summed E-state index contributed by atoms with van der Waals surface area (Å²) < 4.78 is 5.97. The van der Waals surface area contributed by atoms with E-state index < -0.39 is 4.92 Å². The molecule has 3 aromatic carbocycles. The second-order valence-electron chi connectivity index (χ2n) is 7.09. The Morgan fingerprint density at radius 3 is 2.44 bits per heavy atom. The molecule has 8 heteroatoms. The lowest BCUT2D eigenvalue weighted by Crippen LogP contribution is -2.21. The zero-order valence-corrected chi connectivity index (χ0v) is 17.8. The Hall–Kier alpha value is -3.97. The van der Waals surface area contributed by atoms with Gasteiger partial charge in [-0.3, -0.25) is 14.9 Å². The number of halogens is 1. The van der Waals surface area contributed by atoms with Crippen LogP contribution in [0, 0.1) is 10.1 Å². The first-order chi connectivity index (χ1) is 15.4. The molecule has 1 aliphatic rings. The Bertz CT molecular complexity index is 1230. The lowest BCUT2D eigenvalue weighted by atomic mass is 10.1. The normalized spacial score (nSPS) is 14.6. The number of hydrogen-bond donors (Lipinski definition) is 0. The van der Waals surface area contributed by atoms with Crippen molar-refractivity contribution in [2.45, 2.75) is 13.5 Å². The van der Waals surface area contributed by atoms with Crippen LogP contribution in [0.1, 0.15) is 18.1 Å². The maximum absolute atomic E-state index is 13.0. The molecule has 7 nitrogen and oxygen atoms in total.